The monoisotopic (exact) mass is 405 g/mol. The molecule has 0 amide bonds. The van der Waals surface area contributed by atoms with E-state index in [4.69, 9.17) is 16.3 Å². The summed E-state index contributed by atoms with van der Waals surface area (Å²) in [5.74, 6) is -0.274. The van der Waals surface area contributed by atoms with E-state index >= 15 is 0 Å². The standard InChI is InChI=1S/C21H15ClF3NO2/c22-17-8-6-15(7-9-17)18-10-14(11-19(27)16-4-2-1-3-5-16)12-26-20(18)28-13-21(23,24)25/h1-10,12H,11,13H2. The van der Waals surface area contributed by atoms with Crippen molar-refractivity contribution in [1.82, 2.24) is 4.98 Å². The van der Waals surface area contributed by atoms with Gasteiger partial charge in [0.15, 0.2) is 12.4 Å². The van der Waals surface area contributed by atoms with Crippen molar-refractivity contribution in [2.24, 2.45) is 0 Å². The van der Waals surface area contributed by atoms with Crippen LogP contribution in [-0.2, 0) is 6.42 Å². The Labute approximate surface area is 164 Å². The third-order valence-corrected chi connectivity index (χ3v) is 4.15. The molecule has 0 spiro atoms. The van der Waals surface area contributed by atoms with E-state index in [1.54, 1.807) is 54.6 Å². The van der Waals surface area contributed by atoms with E-state index in [1.807, 2.05) is 6.07 Å². The molecule has 1 heterocycles. The van der Waals surface area contributed by atoms with Crippen molar-refractivity contribution in [1.29, 1.82) is 0 Å². The van der Waals surface area contributed by atoms with Gasteiger partial charge in [0.05, 0.1) is 0 Å². The zero-order valence-corrected chi connectivity index (χ0v) is 15.3. The second-order valence-corrected chi connectivity index (χ2v) is 6.51. The first kappa shape index (κ1) is 19.9. The lowest BCUT2D eigenvalue weighted by Crippen LogP contribution is -2.20. The van der Waals surface area contributed by atoms with Gasteiger partial charge in [-0.2, -0.15) is 13.2 Å². The number of ether oxygens (including phenoxy) is 1. The number of rotatable bonds is 6. The molecule has 0 fully saturated rings. The van der Waals surface area contributed by atoms with Gasteiger partial charge >= 0.3 is 6.18 Å². The van der Waals surface area contributed by atoms with Gasteiger partial charge in [-0.25, -0.2) is 4.98 Å². The van der Waals surface area contributed by atoms with Crippen LogP contribution in [0.5, 0.6) is 5.88 Å². The Kier molecular flexibility index (Phi) is 5.99. The molecule has 0 atom stereocenters. The van der Waals surface area contributed by atoms with Gasteiger partial charge in [0.2, 0.25) is 5.88 Å². The normalized spacial score (nSPS) is 11.3. The Morgan fingerprint density at radius 3 is 2.36 bits per heavy atom. The van der Waals surface area contributed by atoms with E-state index in [0.717, 1.165) is 0 Å². The number of Topliss-reactive ketones (excluding diaryl/α,β-unsaturated/α-hetero) is 1. The number of benzene rings is 2. The van der Waals surface area contributed by atoms with Gasteiger partial charge in [-0.3, -0.25) is 4.79 Å². The molecule has 0 aliphatic heterocycles. The summed E-state index contributed by atoms with van der Waals surface area (Å²) in [7, 11) is 0. The van der Waals surface area contributed by atoms with Crippen LogP contribution < -0.4 is 4.74 Å². The molecule has 0 unspecified atom stereocenters. The zero-order valence-electron chi connectivity index (χ0n) is 14.5. The number of carbonyl (C=O) groups excluding carboxylic acids is 1. The van der Waals surface area contributed by atoms with Crippen LogP contribution in [0.15, 0.2) is 66.9 Å². The molecule has 3 aromatic rings. The van der Waals surface area contributed by atoms with E-state index in [9.17, 15) is 18.0 Å². The van der Waals surface area contributed by atoms with Gasteiger partial charge in [-0.05, 0) is 29.3 Å². The Morgan fingerprint density at radius 2 is 1.71 bits per heavy atom. The third kappa shape index (κ3) is 5.33. The Hall–Kier alpha value is -2.86. The van der Waals surface area contributed by atoms with Crippen molar-refractivity contribution in [2.45, 2.75) is 12.6 Å². The van der Waals surface area contributed by atoms with E-state index in [-0.39, 0.29) is 18.1 Å². The summed E-state index contributed by atoms with van der Waals surface area (Å²) in [6, 6.07) is 16.9. The molecule has 3 nitrogen and oxygen atoms in total. The minimum absolute atomic E-state index is 0.0666. The van der Waals surface area contributed by atoms with Crippen LogP contribution in [0, 0.1) is 0 Å². The fraction of sp³-hybridized carbons (Fsp3) is 0.143. The second kappa shape index (κ2) is 8.44. The highest BCUT2D eigenvalue weighted by molar-refractivity contribution is 6.30. The van der Waals surface area contributed by atoms with Crippen LogP contribution in [0.3, 0.4) is 0 Å². The highest BCUT2D eigenvalue weighted by Crippen LogP contribution is 2.31. The number of aromatic nitrogens is 1. The summed E-state index contributed by atoms with van der Waals surface area (Å²) in [4.78, 5) is 16.4. The fourth-order valence-corrected chi connectivity index (χ4v) is 2.73. The molecule has 0 aliphatic rings. The summed E-state index contributed by atoms with van der Waals surface area (Å²) in [5, 5.41) is 0.491. The van der Waals surface area contributed by atoms with Crippen molar-refractivity contribution in [3.05, 3.63) is 83.0 Å². The highest BCUT2D eigenvalue weighted by Gasteiger charge is 2.29. The maximum Gasteiger partial charge on any atom is 0.422 e. The number of hydrogen-bond acceptors (Lipinski definition) is 3. The fourth-order valence-electron chi connectivity index (χ4n) is 2.61. The lowest BCUT2D eigenvalue weighted by molar-refractivity contribution is -0.154. The summed E-state index contributed by atoms with van der Waals surface area (Å²) in [5.41, 5.74) is 2.06. The third-order valence-electron chi connectivity index (χ3n) is 3.90. The Bertz CT molecular complexity index is 958. The quantitative estimate of drug-likeness (QED) is 0.489. The summed E-state index contributed by atoms with van der Waals surface area (Å²) in [6.07, 6.45) is -3.07. The molecular weight excluding hydrogens is 391 g/mol. The Morgan fingerprint density at radius 1 is 1.04 bits per heavy atom. The molecule has 0 N–H and O–H groups in total. The molecule has 0 aliphatic carbocycles. The average molecular weight is 406 g/mol. The lowest BCUT2D eigenvalue weighted by atomic mass is 10.0. The molecule has 3 rings (SSSR count). The van der Waals surface area contributed by atoms with Crippen molar-refractivity contribution in [3.8, 4) is 17.0 Å². The number of halogens is 4. The van der Waals surface area contributed by atoms with Gasteiger partial charge in [-0.1, -0.05) is 54.1 Å². The molecule has 0 bridgehead atoms. The molecule has 1 aromatic heterocycles. The summed E-state index contributed by atoms with van der Waals surface area (Å²) >= 11 is 5.89. The number of hydrogen-bond donors (Lipinski definition) is 0. The summed E-state index contributed by atoms with van der Waals surface area (Å²) < 4.78 is 42.5. The maximum atomic E-state index is 12.6. The minimum Gasteiger partial charge on any atom is -0.468 e. The van der Waals surface area contributed by atoms with Gasteiger partial charge in [0.1, 0.15) is 0 Å². The van der Waals surface area contributed by atoms with E-state index in [1.165, 1.54) is 6.20 Å². The van der Waals surface area contributed by atoms with Crippen molar-refractivity contribution >= 4 is 17.4 Å². The first-order valence-electron chi connectivity index (χ1n) is 8.34. The van der Waals surface area contributed by atoms with Gasteiger partial charge in [0.25, 0.3) is 0 Å². The molecule has 28 heavy (non-hydrogen) atoms. The van der Waals surface area contributed by atoms with Crippen LogP contribution in [0.25, 0.3) is 11.1 Å². The SMILES string of the molecule is O=C(Cc1cnc(OCC(F)(F)F)c(-c2ccc(Cl)cc2)c1)c1ccccc1. The average Bonchev–Trinajstić information content (AvgIpc) is 2.67. The number of alkyl halides is 3. The topological polar surface area (TPSA) is 39.2 Å². The molecule has 0 radical (unpaired) electrons. The highest BCUT2D eigenvalue weighted by atomic mass is 35.5. The van der Waals surface area contributed by atoms with Crippen LogP contribution in [0.4, 0.5) is 13.2 Å². The van der Waals surface area contributed by atoms with Crippen LogP contribution in [-0.4, -0.2) is 23.6 Å². The molecule has 0 saturated carbocycles. The number of ketones is 1. The predicted molar refractivity (Wildman–Crippen MR) is 101 cm³/mol. The van der Waals surface area contributed by atoms with Crippen molar-refractivity contribution < 1.29 is 22.7 Å². The van der Waals surface area contributed by atoms with E-state index < -0.39 is 12.8 Å². The number of nitrogens with zero attached hydrogens (tertiary/aromatic N) is 1. The van der Waals surface area contributed by atoms with Crippen LogP contribution in [0.2, 0.25) is 5.02 Å². The summed E-state index contributed by atoms with van der Waals surface area (Å²) in [6.45, 7) is -1.46. The molecule has 0 saturated heterocycles. The molecular formula is C21H15ClF3NO2. The predicted octanol–water partition coefficient (Wildman–Crippen LogP) is 5.77. The Balaban J connectivity index is 1.91. The van der Waals surface area contributed by atoms with Gasteiger partial charge in [0, 0.05) is 28.8 Å². The lowest BCUT2D eigenvalue weighted by Gasteiger charge is -2.14. The molecule has 7 heteroatoms. The van der Waals surface area contributed by atoms with Crippen molar-refractivity contribution in [3.63, 3.8) is 0 Å². The number of pyridine rings is 1. The van der Waals surface area contributed by atoms with Gasteiger partial charge in [-0.15, -0.1) is 0 Å². The smallest absolute Gasteiger partial charge is 0.422 e. The van der Waals surface area contributed by atoms with Gasteiger partial charge < -0.3 is 4.74 Å². The van der Waals surface area contributed by atoms with Crippen LogP contribution >= 0.6 is 11.6 Å². The minimum atomic E-state index is -4.49. The maximum absolute atomic E-state index is 12.6. The first-order chi connectivity index (χ1) is 13.3. The second-order valence-electron chi connectivity index (χ2n) is 6.07. The van der Waals surface area contributed by atoms with Crippen molar-refractivity contribution in [2.75, 3.05) is 6.61 Å². The largest absolute Gasteiger partial charge is 0.468 e. The van der Waals surface area contributed by atoms with E-state index in [0.29, 0.717) is 27.3 Å². The number of carbonyl (C=O) groups is 1. The van der Waals surface area contributed by atoms with Crippen LogP contribution in [0.1, 0.15) is 15.9 Å². The molecule has 144 valence electrons. The zero-order chi connectivity index (χ0) is 20.1. The first-order valence-corrected chi connectivity index (χ1v) is 8.72. The van der Waals surface area contributed by atoms with E-state index in [2.05, 4.69) is 4.98 Å². The molecule has 2 aromatic carbocycles.